The molecule has 14 heavy (non-hydrogen) atoms. The number of aryl methyl sites for hydroxylation is 1. The van der Waals surface area contributed by atoms with Crippen LogP contribution < -0.4 is 5.73 Å². The normalized spacial score (nSPS) is 12.3. The Morgan fingerprint density at radius 1 is 1.43 bits per heavy atom. The van der Waals surface area contributed by atoms with Crippen molar-refractivity contribution in [3.8, 4) is 0 Å². The molecule has 0 atom stereocenters. The molecule has 1 aromatic carbocycles. The fraction of sp³-hybridized carbons (Fsp3) is 0.0909. The lowest BCUT2D eigenvalue weighted by atomic mass is 10.1. The SMILES string of the molecule is Cn1ccc2cc(/C(N)=C/S)ccc21. The lowest BCUT2D eigenvalue weighted by Crippen LogP contribution is -1.94. The first kappa shape index (κ1) is 9.21. The number of rotatable bonds is 1. The van der Waals surface area contributed by atoms with Crippen molar-refractivity contribution in [2.45, 2.75) is 0 Å². The minimum Gasteiger partial charge on any atom is -0.398 e. The summed E-state index contributed by atoms with van der Waals surface area (Å²) in [7, 11) is 2.03. The minimum atomic E-state index is 0.694. The van der Waals surface area contributed by atoms with E-state index in [1.807, 2.05) is 19.3 Å². The summed E-state index contributed by atoms with van der Waals surface area (Å²) >= 11 is 4.03. The van der Waals surface area contributed by atoms with Gasteiger partial charge < -0.3 is 10.3 Å². The van der Waals surface area contributed by atoms with Crippen LogP contribution in [0.2, 0.25) is 0 Å². The number of nitrogens with two attached hydrogens (primary N) is 1. The second kappa shape index (κ2) is 3.42. The number of aromatic nitrogens is 1. The van der Waals surface area contributed by atoms with Crippen LogP contribution in [0, 0.1) is 0 Å². The largest absolute Gasteiger partial charge is 0.398 e. The van der Waals surface area contributed by atoms with Gasteiger partial charge in [-0.3, -0.25) is 0 Å². The van der Waals surface area contributed by atoms with Gasteiger partial charge in [-0.2, -0.15) is 0 Å². The molecule has 3 heteroatoms. The number of nitrogens with zero attached hydrogens (tertiary/aromatic N) is 1. The molecule has 72 valence electrons. The van der Waals surface area contributed by atoms with E-state index in [9.17, 15) is 0 Å². The Hall–Kier alpha value is -1.35. The molecule has 0 saturated heterocycles. The van der Waals surface area contributed by atoms with Crippen molar-refractivity contribution in [3.63, 3.8) is 0 Å². The first-order chi connectivity index (χ1) is 6.72. The van der Waals surface area contributed by atoms with Gasteiger partial charge in [0.05, 0.1) is 0 Å². The van der Waals surface area contributed by atoms with E-state index in [4.69, 9.17) is 5.73 Å². The van der Waals surface area contributed by atoms with Gasteiger partial charge in [-0.15, -0.1) is 12.6 Å². The maximum atomic E-state index is 5.77. The number of fused-ring (bicyclic) bond motifs is 1. The van der Waals surface area contributed by atoms with Gasteiger partial charge >= 0.3 is 0 Å². The van der Waals surface area contributed by atoms with Crippen LogP contribution in [0.5, 0.6) is 0 Å². The zero-order valence-corrected chi connectivity index (χ0v) is 8.83. The summed E-state index contributed by atoms with van der Waals surface area (Å²) in [5.41, 5.74) is 8.69. The van der Waals surface area contributed by atoms with Gasteiger partial charge in [0.15, 0.2) is 0 Å². The lowest BCUT2D eigenvalue weighted by molar-refractivity contribution is 0.969. The van der Waals surface area contributed by atoms with Crippen molar-refractivity contribution in [2.24, 2.45) is 12.8 Å². The van der Waals surface area contributed by atoms with Gasteiger partial charge in [0.25, 0.3) is 0 Å². The second-order valence-electron chi connectivity index (χ2n) is 3.28. The van der Waals surface area contributed by atoms with Crippen LogP contribution >= 0.6 is 12.6 Å². The molecule has 0 amide bonds. The minimum absolute atomic E-state index is 0.694. The van der Waals surface area contributed by atoms with E-state index >= 15 is 0 Å². The Kier molecular flexibility index (Phi) is 2.25. The molecule has 0 fully saturated rings. The third-order valence-corrected chi connectivity index (χ3v) is 2.64. The van der Waals surface area contributed by atoms with E-state index in [1.54, 1.807) is 5.41 Å². The molecule has 0 aliphatic rings. The molecule has 0 saturated carbocycles. The van der Waals surface area contributed by atoms with Crippen molar-refractivity contribution in [3.05, 3.63) is 41.4 Å². The third-order valence-electron chi connectivity index (χ3n) is 2.36. The molecule has 1 heterocycles. The molecular weight excluding hydrogens is 192 g/mol. The molecule has 0 unspecified atom stereocenters. The van der Waals surface area contributed by atoms with Crippen LogP contribution in [-0.2, 0) is 7.05 Å². The predicted octanol–water partition coefficient (Wildman–Crippen LogP) is 2.37. The van der Waals surface area contributed by atoms with Crippen LogP contribution in [0.25, 0.3) is 16.6 Å². The molecule has 1 aromatic heterocycles. The molecule has 0 aliphatic heterocycles. The van der Waals surface area contributed by atoms with Crippen molar-refractivity contribution in [1.82, 2.24) is 4.57 Å². The Morgan fingerprint density at radius 2 is 2.21 bits per heavy atom. The van der Waals surface area contributed by atoms with Gasteiger partial charge in [-0.1, -0.05) is 6.07 Å². The number of thiol groups is 1. The van der Waals surface area contributed by atoms with Crippen LogP contribution in [-0.4, -0.2) is 4.57 Å². The Labute approximate surface area is 88.4 Å². The highest BCUT2D eigenvalue weighted by Gasteiger charge is 2.00. The van der Waals surface area contributed by atoms with Gasteiger partial charge in [0, 0.05) is 29.8 Å². The smallest absolute Gasteiger partial charge is 0.0478 e. The fourth-order valence-corrected chi connectivity index (χ4v) is 1.68. The Morgan fingerprint density at radius 3 is 2.93 bits per heavy atom. The fourth-order valence-electron chi connectivity index (χ4n) is 1.54. The van der Waals surface area contributed by atoms with E-state index in [2.05, 4.69) is 35.4 Å². The summed E-state index contributed by atoms with van der Waals surface area (Å²) in [6.07, 6.45) is 2.04. The molecule has 0 bridgehead atoms. The Balaban J connectivity index is 2.63. The van der Waals surface area contributed by atoms with Crippen molar-refractivity contribution < 1.29 is 0 Å². The topological polar surface area (TPSA) is 30.9 Å². The highest BCUT2D eigenvalue weighted by Crippen LogP contribution is 2.19. The summed E-state index contributed by atoms with van der Waals surface area (Å²) in [5.74, 6) is 0. The van der Waals surface area contributed by atoms with Crippen LogP contribution in [0.15, 0.2) is 35.9 Å². The monoisotopic (exact) mass is 204 g/mol. The van der Waals surface area contributed by atoms with Crippen LogP contribution in [0.4, 0.5) is 0 Å². The predicted molar refractivity (Wildman–Crippen MR) is 64.1 cm³/mol. The quantitative estimate of drug-likeness (QED) is 0.686. The van der Waals surface area contributed by atoms with Crippen molar-refractivity contribution in [2.75, 3.05) is 0 Å². The second-order valence-corrected chi connectivity index (χ2v) is 3.54. The zero-order chi connectivity index (χ0) is 10.1. The van der Waals surface area contributed by atoms with Gasteiger partial charge in [-0.25, -0.2) is 0 Å². The van der Waals surface area contributed by atoms with Crippen LogP contribution in [0.1, 0.15) is 5.56 Å². The summed E-state index contributed by atoms with van der Waals surface area (Å²) in [6.45, 7) is 0. The average Bonchev–Trinajstić information content (AvgIpc) is 2.59. The molecular formula is C11H12N2S. The first-order valence-corrected chi connectivity index (χ1v) is 4.89. The third kappa shape index (κ3) is 1.40. The number of benzene rings is 1. The Bertz CT molecular complexity index is 497. The molecule has 0 radical (unpaired) electrons. The molecule has 2 rings (SSSR count). The molecule has 0 spiro atoms. The van der Waals surface area contributed by atoms with Crippen LogP contribution in [0.3, 0.4) is 0 Å². The maximum absolute atomic E-state index is 5.77. The van der Waals surface area contributed by atoms with Gasteiger partial charge in [0.1, 0.15) is 0 Å². The molecule has 0 aliphatic carbocycles. The van der Waals surface area contributed by atoms with E-state index < -0.39 is 0 Å². The van der Waals surface area contributed by atoms with E-state index in [-0.39, 0.29) is 0 Å². The molecule has 2 nitrogen and oxygen atoms in total. The summed E-state index contributed by atoms with van der Waals surface area (Å²) in [6, 6.07) is 8.21. The van der Waals surface area contributed by atoms with E-state index in [0.29, 0.717) is 5.70 Å². The first-order valence-electron chi connectivity index (χ1n) is 4.37. The summed E-state index contributed by atoms with van der Waals surface area (Å²) < 4.78 is 2.08. The standard InChI is InChI=1S/C11H12N2S/c1-13-5-4-9-6-8(10(12)7-14)2-3-11(9)13/h2-7,14H,12H2,1H3/b10-7-. The summed E-state index contributed by atoms with van der Waals surface area (Å²) in [4.78, 5) is 0. The summed E-state index contributed by atoms with van der Waals surface area (Å²) in [5, 5.41) is 2.81. The zero-order valence-electron chi connectivity index (χ0n) is 7.94. The molecule has 2 N–H and O–H groups in total. The number of hydrogen-bond acceptors (Lipinski definition) is 2. The van der Waals surface area contributed by atoms with E-state index in [0.717, 1.165) is 5.56 Å². The molecule has 2 aromatic rings. The number of hydrogen-bond donors (Lipinski definition) is 2. The maximum Gasteiger partial charge on any atom is 0.0478 e. The average molecular weight is 204 g/mol. The van der Waals surface area contributed by atoms with E-state index in [1.165, 1.54) is 10.9 Å². The highest BCUT2D eigenvalue weighted by atomic mass is 32.1. The highest BCUT2D eigenvalue weighted by molar-refractivity contribution is 7.83. The van der Waals surface area contributed by atoms with Gasteiger partial charge in [0.2, 0.25) is 0 Å². The van der Waals surface area contributed by atoms with Crippen molar-refractivity contribution in [1.29, 1.82) is 0 Å². The van der Waals surface area contributed by atoms with Gasteiger partial charge in [-0.05, 0) is 29.2 Å². The van der Waals surface area contributed by atoms with Crippen molar-refractivity contribution >= 4 is 29.2 Å². The lowest BCUT2D eigenvalue weighted by Gasteiger charge is -2.01.